The van der Waals surface area contributed by atoms with Crippen molar-refractivity contribution in [3.63, 3.8) is 0 Å². The van der Waals surface area contributed by atoms with Crippen molar-refractivity contribution < 1.29 is 14.4 Å². The third-order valence-electron chi connectivity index (χ3n) is 4.96. The van der Waals surface area contributed by atoms with Gasteiger partial charge in [0.25, 0.3) is 0 Å². The molecule has 0 spiro atoms. The highest BCUT2D eigenvalue weighted by molar-refractivity contribution is 5.93. The summed E-state index contributed by atoms with van der Waals surface area (Å²) in [5.74, 6) is 0.552. The lowest BCUT2D eigenvalue weighted by Gasteiger charge is -2.27. The van der Waals surface area contributed by atoms with Crippen molar-refractivity contribution in [1.82, 2.24) is 5.32 Å². The lowest BCUT2D eigenvalue weighted by Crippen LogP contribution is -2.36. The SMILES string of the molecule is CC(=O)Nc1ccc(NC(=O)C2CCC(C(=O)NCCC(C)C)CC2)cc1. The standard InChI is InChI=1S/C21H31N3O3/c1-14(2)12-13-22-20(26)16-4-6-17(7-5-16)21(27)24-19-10-8-18(9-11-19)23-15(3)25/h8-11,14,16-17H,4-7,12-13H2,1-3H3,(H,22,26)(H,23,25)(H,24,27). The first-order valence-electron chi connectivity index (χ1n) is 9.81. The van der Waals surface area contributed by atoms with Gasteiger partial charge in [-0.1, -0.05) is 13.8 Å². The average Bonchev–Trinajstić information content (AvgIpc) is 2.62. The van der Waals surface area contributed by atoms with Gasteiger partial charge in [-0.2, -0.15) is 0 Å². The first-order valence-corrected chi connectivity index (χ1v) is 9.81. The Balaban J connectivity index is 1.76. The molecule has 0 aliphatic heterocycles. The lowest BCUT2D eigenvalue weighted by molar-refractivity contribution is -0.128. The van der Waals surface area contributed by atoms with Crippen LogP contribution in [0.5, 0.6) is 0 Å². The topological polar surface area (TPSA) is 87.3 Å². The summed E-state index contributed by atoms with van der Waals surface area (Å²) in [7, 11) is 0. The van der Waals surface area contributed by atoms with E-state index in [9.17, 15) is 14.4 Å². The predicted octanol–water partition coefficient (Wildman–Crippen LogP) is 3.55. The van der Waals surface area contributed by atoms with E-state index in [1.54, 1.807) is 24.3 Å². The van der Waals surface area contributed by atoms with Crippen LogP contribution in [0.3, 0.4) is 0 Å². The Hall–Kier alpha value is -2.37. The van der Waals surface area contributed by atoms with Crippen molar-refractivity contribution >= 4 is 29.1 Å². The Bertz CT molecular complexity index is 647. The summed E-state index contributed by atoms with van der Waals surface area (Å²) in [5.41, 5.74) is 1.41. The zero-order valence-electron chi connectivity index (χ0n) is 16.5. The minimum atomic E-state index is -0.128. The second-order valence-electron chi connectivity index (χ2n) is 7.77. The van der Waals surface area contributed by atoms with E-state index in [1.807, 2.05) is 0 Å². The number of hydrogen-bond acceptors (Lipinski definition) is 3. The summed E-state index contributed by atoms with van der Waals surface area (Å²) < 4.78 is 0. The minimum absolute atomic E-state index is 0.000873. The van der Waals surface area contributed by atoms with E-state index in [4.69, 9.17) is 0 Å². The molecule has 1 aliphatic rings. The molecule has 6 nitrogen and oxygen atoms in total. The molecular formula is C21H31N3O3. The van der Waals surface area contributed by atoms with Gasteiger partial charge < -0.3 is 16.0 Å². The van der Waals surface area contributed by atoms with Gasteiger partial charge in [-0.3, -0.25) is 14.4 Å². The fraction of sp³-hybridized carbons (Fsp3) is 0.571. The maximum Gasteiger partial charge on any atom is 0.227 e. The van der Waals surface area contributed by atoms with Crippen LogP contribution in [0.25, 0.3) is 0 Å². The van der Waals surface area contributed by atoms with Crippen LogP contribution in [0.2, 0.25) is 0 Å². The summed E-state index contributed by atoms with van der Waals surface area (Å²) in [6.45, 7) is 6.47. The number of carbonyl (C=O) groups excluding carboxylic acids is 3. The minimum Gasteiger partial charge on any atom is -0.356 e. The number of hydrogen-bond donors (Lipinski definition) is 3. The van der Waals surface area contributed by atoms with Crippen LogP contribution in [-0.2, 0) is 14.4 Å². The quantitative estimate of drug-likeness (QED) is 0.683. The molecule has 1 aliphatic carbocycles. The predicted molar refractivity (Wildman–Crippen MR) is 107 cm³/mol. The van der Waals surface area contributed by atoms with Gasteiger partial charge in [0.05, 0.1) is 0 Å². The Morgan fingerprint density at radius 1 is 0.889 bits per heavy atom. The number of nitrogens with one attached hydrogen (secondary N) is 3. The monoisotopic (exact) mass is 373 g/mol. The van der Waals surface area contributed by atoms with E-state index in [1.165, 1.54) is 6.92 Å². The Labute approximate surface area is 161 Å². The largest absolute Gasteiger partial charge is 0.356 e. The van der Waals surface area contributed by atoms with Gasteiger partial charge in [0, 0.05) is 36.7 Å². The number of anilines is 2. The molecule has 0 radical (unpaired) electrons. The van der Waals surface area contributed by atoms with Crippen LogP contribution in [0.4, 0.5) is 11.4 Å². The molecule has 27 heavy (non-hydrogen) atoms. The molecule has 1 aromatic rings. The van der Waals surface area contributed by atoms with Gasteiger partial charge in [-0.25, -0.2) is 0 Å². The first kappa shape index (κ1) is 20.9. The molecule has 0 atom stereocenters. The van der Waals surface area contributed by atoms with E-state index in [-0.39, 0.29) is 29.6 Å². The highest BCUT2D eigenvalue weighted by Crippen LogP contribution is 2.30. The summed E-state index contributed by atoms with van der Waals surface area (Å²) in [6, 6.07) is 7.07. The number of carbonyl (C=O) groups is 3. The summed E-state index contributed by atoms with van der Waals surface area (Å²) in [4.78, 5) is 35.7. The molecule has 2 rings (SSSR count). The van der Waals surface area contributed by atoms with Crippen molar-refractivity contribution in [1.29, 1.82) is 0 Å². The average molecular weight is 373 g/mol. The fourth-order valence-corrected chi connectivity index (χ4v) is 3.33. The van der Waals surface area contributed by atoms with Gasteiger partial charge in [0.2, 0.25) is 17.7 Å². The van der Waals surface area contributed by atoms with E-state index in [0.717, 1.165) is 38.6 Å². The lowest BCUT2D eigenvalue weighted by atomic mass is 9.81. The van der Waals surface area contributed by atoms with Gasteiger partial charge in [-0.15, -0.1) is 0 Å². The number of rotatable bonds is 7. The fourth-order valence-electron chi connectivity index (χ4n) is 3.33. The van der Waals surface area contributed by atoms with Crippen molar-refractivity contribution in [2.45, 2.75) is 52.9 Å². The summed E-state index contributed by atoms with van der Waals surface area (Å²) >= 11 is 0. The van der Waals surface area contributed by atoms with Crippen molar-refractivity contribution in [2.24, 2.45) is 17.8 Å². The zero-order valence-corrected chi connectivity index (χ0v) is 16.5. The highest BCUT2D eigenvalue weighted by Gasteiger charge is 2.29. The van der Waals surface area contributed by atoms with Crippen LogP contribution in [0.1, 0.15) is 52.9 Å². The van der Waals surface area contributed by atoms with E-state index < -0.39 is 0 Å². The van der Waals surface area contributed by atoms with E-state index in [0.29, 0.717) is 17.3 Å². The number of benzene rings is 1. The molecule has 3 amide bonds. The van der Waals surface area contributed by atoms with Gasteiger partial charge >= 0.3 is 0 Å². The molecule has 0 saturated heterocycles. The molecule has 1 aromatic carbocycles. The molecule has 1 fully saturated rings. The second-order valence-corrected chi connectivity index (χ2v) is 7.77. The molecule has 0 unspecified atom stereocenters. The van der Waals surface area contributed by atoms with Gasteiger partial charge in [0.15, 0.2) is 0 Å². The zero-order chi connectivity index (χ0) is 19.8. The van der Waals surface area contributed by atoms with Gasteiger partial charge in [-0.05, 0) is 62.3 Å². The van der Waals surface area contributed by atoms with Crippen LogP contribution >= 0.6 is 0 Å². The van der Waals surface area contributed by atoms with Gasteiger partial charge in [0.1, 0.15) is 0 Å². The first-order chi connectivity index (χ1) is 12.8. The Morgan fingerprint density at radius 3 is 1.85 bits per heavy atom. The van der Waals surface area contributed by atoms with E-state index in [2.05, 4.69) is 29.8 Å². The number of amides is 3. The smallest absolute Gasteiger partial charge is 0.227 e. The Morgan fingerprint density at radius 2 is 1.37 bits per heavy atom. The normalized spacial score (nSPS) is 19.4. The molecule has 148 valence electrons. The van der Waals surface area contributed by atoms with Crippen LogP contribution < -0.4 is 16.0 Å². The van der Waals surface area contributed by atoms with Crippen molar-refractivity contribution in [3.8, 4) is 0 Å². The van der Waals surface area contributed by atoms with Crippen LogP contribution in [0, 0.1) is 17.8 Å². The molecule has 6 heteroatoms. The van der Waals surface area contributed by atoms with Crippen LogP contribution in [-0.4, -0.2) is 24.3 Å². The molecule has 0 heterocycles. The molecule has 3 N–H and O–H groups in total. The summed E-state index contributed by atoms with van der Waals surface area (Å²) in [6.07, 6.45) is 3.97. The molecular weight excluding hydrogens is 342 g/mol. The molecule has 1 saturated carbocycles. The van der Waals surface area contributed by atoms with Crippen molar-refractivity contribution in [3.05, 3.63) is 24.3 Å². The van der Waals surface area contributed by atoms with Crippen molar-refractivity contribution in [2.75, 3.05) is 17.2 Å². The second kappa shape index (κ2) is 10.1. The molecule has 0 aromatic heterocycles. The maximum absolute atomic E-state index is 12.5. The molecule has 0 bridgehead atoms. The highest BCUT2D eigenvalue weighted by atomic mass is 16.2. The van der Waals surface area contributed by atoms with Crippen LogP contribution in [0.15, 0.2) is 24.3 Å². The Kier molecular flexibility index (Phi) is 7.82. The van der Waals surface area contributed by atoms with E-state index >= 15 is 0 Å². The summed E-state index contributed by atoms with van der Waals surface area (Å²) in [5, 5.41) is 8.64. The maximum atomic E-state index is 12.5. The third-order valence-corrected chi connectivity index (χ3v) is 4.96. The third kappa shape index (κ3) is 7.04.